The number of hydrogen-bond acceptors (Lipinski definition) is 5. The summed E-state index contributed by atoms with van der Waals surface area (Å²) in [6.45, 7) is 1.89. The summed E-state index contributed by atoms with van der Waals surface area (Å²) in [6, 6.07) is 21.1. The molecule has 2 N–H and O–H groups in total. The highest BCUT2D eigenvalue weighted by Gasteiger charge is 2.16. The Kier molecular flexibility index (Phi) is 5.19. The number of fused-ring (bicyclic) bond motifs is 1. The largest absolute Gasteiger partial charge is 0.291 e. The van der Waals surface area contributed by atoms with Crippen LogP contribution in [0, 0.1) is 6.92 Å². The van der Waals surface area contributed by atoms with Crippen LogP contribution in [0.4, 0.5) is 5.82 Å². The molecule has 4 aromatic rings. The van der Waals surface area contributed by atoms with Gasteiger partial charge in [0.15, 0.2) is 11.6 Å². The molecular formula is C21H17ClN4O2S. The minimum Gasteiger partial charge on any atom is -0.291 e. The lowest BCUT2D eigenvalue weighted by molar-refractivity contribution is 0.587. The number of hydrazine groups is 1. The highest BCUT2D eigenvalue weighted by atomic mass is 35.5. The Morgan fingerprint density at radius 2 is 1.55 bits per heavy atom. The quantitative estimate of drug-likeness (QED) is 0.458. The number of halogens is 1. The maximum Gasteiger partial charge on any atom is 0.257 e. The van der Waals surface area contributed by atoms with Crippen LogP contribution in [0.25, 0.3) is 22.3 Å². The molecule has 0 atom stereocenters. The first-order chi connectivity index (χ1) is 13.9. The molecule has 3 aromatic carbocycles. The summed E-state index contributed by atoms with van der Waals surface area (Å²) in [5.74, 6) is 0.729. The first kappa shape index (κ1) is 19.3. The lowest BCUT2D eigenvalue weighted by Crippen LogP contribution is -2.30. The number of sulfonamides is 1. The van der Waals surface area contributed by atoms with Gasteiger partial charge in [-0.05, 0) is 43.3 Å². The monoisotopic (exact) mass is 424 g/mol. The number of aryl methyl sites for hydroxylation is 1. The van der Waals surface area contributed by atoms with E-state index in [-0.39, 0.29) is 4.90 Å². The third kappa shape index (κ3) is 4.07. The van der Waals surface area contributed by atoms with Gasteiger partial charge in [-0.3, -0.25) is 5.43 Å². The van der Waals surface area contributed by atoms with Gasteiger partial charge in [0, 0.05) is 10.9 Å². The van der Waals surface area contributed by atoms with Crippen LogP contribution >= 0.6 is 11.6 Å². The summed E-state index contributed by atoms with van der Waals surface area (Å²) in [5.41, 5.74) is 5.03. The zero-order chi connectivity index (χ0) is 20.4. The number of nitrogens with one attached hydrogen (secondary N) is 2. The van der Waals surface area contributed by atoms with Gasteiger partial charge in [0.25, 0.3) is 10.0 Å². The van der Waals surface area contributed by atoms with E-state index in [2.05, 4.69) is 20.2 Å². The van der Waals surface area contributed by atoms with Crippen molar-refractivity contribution in [2.75, 3.05) is 5.43 Å². The van der Waals surface area contributed by atoms with Crippen molar-refractivity contribution in [2.24, 2.45) is 0 Å². The number of hydrogen-bond donors (Lipinski definition) is 2. The highest BCUT2D eigenvalue weighted by molar-refractivity contribution is 7.89. The van der Waals surface area contributed by atoms with E-state index in [0.717, 1.165) is 5.56 Å². The Bertz CT molecular complexity index is 1290. The molecule has 0 unspecified atom stereocenters. The van der Waals surface area contributed by atoms with E-state index in [1.807, 2.05) is 49.4 Å². The van der Waals surface area contributed by atoms with Crippen molar-refractivity contribution in [3.8, 4) is 11.4 Å². The lowest BCUT2D eigenvalue weighted by Gasteiger charge is -2.13. The molecule has 0 fully saturated rings. The fourth-order valence-corrected chi connectivity index (χ4v) is 3.89. The zero-order valence-electron chi connectivity index (χ0n) is 15.4. The second-order valence-corrected chi connectivity index (χ2v) is 8.53. The Balaban J connectivity index is 1.73. The number of para-hydroxylation sites is 1. The Hall–Kier alpha value is -3.00. The second-order valence-electron chi connectivity index (χ2n) is 6.44. The Labute approximate surface area is 173 Å². The molecule has 29 heavy (non-hydrogen) atoms. The van der Waals surface area contributed by atoms with E-state index < -0.39 is 10.0 Å². The molecule has 0 aliphatic heterocycles. The molecule has 4 rings (SSSR count). The van der Waals surface area contributed by atoms with Crippen LogP contribution in [0.1, 0.15) is 5.56 Å². The predicted molar refractivity (Wildman–Crippen MR) is 115 cm³/mol. The van der Waals surface area contributed by atoms with Gasteiger partial charge < -0.3 is 0 Å². The van der Waals surface area contributed by atoms with Crippen molar-refractivity contribution in [3.63, 3.8) is 0 Å². The standard InChI is InChI=1S/C21H17ClN4O2S/c1-14-10-12-15(13-11-14)29(27,28)26-25-21-17-7-3-5-9-19(17)23-20(24-21)16-6-2-4-8-18(16)22/h2-13,26H,1H3,(H,23,24,25). The molecule has 0 saturated heterocycles. The van der Waals surface area contributed by atoms with E-state index in [9.17, 15) is 8.42 Å². The smallest absolute Gasteiger partial charge is 0.257 e. The molecule has 1 heterocycles. The second kappa shape index (κ2) is 7.79. The number of aromatic nitrogens is 2. The first-order valence-corrected chi connectivity index (χ1v) is 10.7. The van der Waals surface area contributed by atoms with Crippen molar-refractivity contribution in [2.45, 2.75) is 11.8 Å². The number of benzene rings is 3. The van der Waals surface area contributed by atoms with Crippen LogP contribution in [-0.2, 0) is 10.0 Å². The van der Waals surface area contributed by atoms with Gasteiger partial charge in [-0.25, -0.2) is 18.4 Å². The maximum absolute atomic E-state index is 12.6. The van der Waals surface area contributed by atoms with Gasteiger partial charge in [0.2, 0.25) is 0 Å². The summed E-state index contributed by atoms with van der Waals surface area (Å²) in [4.78, 5) is 11.6. The molecule has 0 bridgehead atoms. The molecular weight excluding hydrogens is 408 g/mol. The van der Waals surface area contributed by atoms with Gasteiger partial charge >= 0.3 is 0 Å². The summed E-state index contributed by atoms with van der Waals surface area (Å²) >= 11 is 6.29. The first-order valence-electron chi connectivity index (χ1n) is 8.80. The molecule has 146 valence electrons. The molecule has 0 aliphatic carbocycles. The van der Waals surface area contributed by atoms with Crippen LogP contribution in [-0.4, -0.2) is 18.4 Å². The van der Waals surface area contributed by atoms with Gasteiger partial charge in [0.05, 0.1) is 15.4 Å². The topological polar surface area (TPSA) is 84.0 Å². The maximum atomic E-state index is 12.6. The lowest BCUT2D eigenvalue weighted by atomic mass is 10.2. The van der Waals surface area contributed by atoms with Gasteiger partial charge in [-0.1, -0.05) is 53.6 Å². The van der Waals surface area contributed by atoms with E-state index in [1.165, 1.54) is 0 Å². The third-order valence-electron chi connectivity index (χ3n) is 4.35. The van der Waals surface area contributed by atoms with E-state index in [4.69, 9.17) is 11.6 Å². The van der Waals surface area contributed by atoms with Crippen molar-refractivity contribution in [1.29, 1.82) is 0 Å². The van der Waals surface area contributed by atoms with Crippen molar-refractivity contribution >= 4 is 38.3 Å². The van der Waals surface area contributed by atoms with E-state index >= 15 is 0 Å². The average Bonchev–Trinajstić information content (AvgIpc) is 2.72. The van der Waals surface area contributed by atoms with Gasteiger partial charge in [-0.15, -0.1) is 4.83 Å². The summed E-state index contributed by atoms with van der Waals surface area (Å²) in [6.07, 6.45) is 0. The van der Waals surface area contributed by atoms with Crippen LogP contribution in [0.5, 0.6) is 0 Å². The minimum atomic E-state index is -3.78. The van der Waals surface area contributed by atoms with Gasteiger partial charge in [-0.2, -0.15) is 0 Å². The fourth-order valence-electron chi connectivity index (χ4n) is 2.83. The van der Waals surface area contributed by atoms with Crippen LogP contribution in [0.3, 0.4) is 0 Å². The molecule has 8 heteroatoms. The molecule has 6 nitrogen and oxygen atoms in total. The fraction of sp³-hybridized carbons (Fsp3) is 0.0476. The SMILES string of the molecule is Cc1ccc(S(=O)(=O)NNc2nc(-c3ccccc3Cl)nc3ccccc23)cc1. The van der Waals surface area contributed by atoms with E-state index in [0.29, 0.717) is 33.1 Å². The van der Waals surface area contributed by atoms with Crippen molar-refractivity contribution in [1.82, 2.24) is 14.8 Å². The molecule has 0 aliphatic rings. The van der Waals surface area contributed by atoms with Gasteiger partial charge in [0.1, 0.15) is 0 Å². The molecule has 0 radical (unpaired) electrons. The van der Waals surface area contributed by atoms with Crippen molar-refractivity contribution < 1.29 is 8.42 Å². The van der Waals surface area contributed by atoms with Crippen LogP contribution in [0.15, 0.2) is 77.7 Å². The number of rotatable bonds is 5. The molecule has 0 saturated carbocycles. The highest BCUT2D eigenvalue weighted by Crippen LogP contribution is 2.29. The molecule has 1 aromatic heterocycles. The van der Waals surface area contributed by atoms with Crippen molar-refractivity contribution in [3.05, 3.63) is 83.4 Å². The molecule has 0 amide bonds. The number of nitrogens with zero attached hydrogens (tertiary/aromatic N) is 2. The summed E-state index contributed by atoms with van der Waals surface area (Å²) in [5, 5.41) is 1.18. The number of anilines is 1. The molecule has 0 spiro atoms. The van der Waals surface area contributed by atoms with Crippen LogP contribution < -0.4 is 10.3 Å². The van der Waals surface area contributed by atoms with Crippen LogP contribution in [0.2, 0.25) is 5.02 Å². The Morgan fingerprint density at radius 3 is 2.31 bits per heavy atom. The minimum absolute atomic E-state index is 0.153. The Morgan fingerprint density at radius 1 is 0.862 bits per heavy atom. The summed E-state index contributed by atoms with van der Waals surface area (Å²) in [7, 11) is -3.78. The summed E-state index contributed by atoms with van der Waals surface area (Å²) < 4.78 is 25.2. The normalized spacial score (nSPS) is 11.5. The zero-order valence-corrected chi connectivity index (χ0v) is 17.0. The van der Waals surface area contributed by atoms with E-state index in [1.54, 1.807) is 30.3 Å². The predicted octanol–water partition coefficient (Wildman–Crippen LogP) is 4.56. The average molecular weight is 425 g/mol. The third-order valence-corrected chi connectivity index (χ3v) is 5.95.